The van der Waals surface area contributed by atoms with Gasteiger partial charge in [-0.3, -0.25) is 10.8 Å². The van der Waals surface area contributed by atoms with Gasteiger partial charge in [-0.1, -0.05) is 26.7 Å². The number of rotatable bonds is 6. The van der Waals surface area contributed by atoms with Gasteiger partial charge in [0.15, 0.2) is 0 Å². The van der Waals surface area contributed by atoms with E-state index in [-0.39, 0.29) is 0 Å². The Morgan fingerprint density at radius 3 is 1.21 bits per heavy atom. The zero-order valence-corrected chi connectivity index (χ0v) is 9.40. The monoisotopic (exact) mass is 200 g/mol. The van der Waals surface area contributed by atoms with Gasteiger partial charge in [0, 0.05) is 12.8 Å². The molecule has 0 aromatic carbocycles. The second-order valence-electron chi connectivity index (χ2n) is 3.26. The second-order valence-corrected chi connectivity index (χ2v) is 3.26. The summed E-state index contributed by atoms with van der Waals surface area (Å²) in [6, 6.07) is 0. The van der Waals surface area contributed by atoms with Crippen LogP contribution in [0.2, 0.25) is 0 Å². The van der Waals surface area contributed by atoms with E-state index in [2.05, 4.69) is 13.8 Å². The van der Waals surface area contributed by atoms with Crippen LogP contribution in [0.4, 0.5) is 0 Å². The summed E-state index contributed by atoms with van der Waals surface area (Å²) in [4.78, 5) is 0. The first-order chi connectivity index (χ1) is 6.54. The molecule has 0 aliphatic heterocycles. The molecule has 4 nitrogen and oxygen atoms in total. The Kier molecular flexibility index (Phi) is 13.1. The third-order valence-corrected chi connectivity index (χ3v) is 1.60. The predicted octanol–water partition coefficient (Wildman–Crippen LogP) is 2.23. The van der Waals surface area contributed by atoms with Gasteiger partial charge in [-0.15, -0.1) is 0 Å². The van der Waals surface area contributed by atoms with Crippen molar-refractivity contribution in [2.45, 2.75) is 52.4 Å². The van der Waals surface area contributed by atoms with Crippen molar-refractivity contribution in [3.8, 4) is 0 Å². The lowest BCUT2D eigenvalue weighted by molar-refractivity contribution is 0.828. The van der Waals surface area contributed by atoms with Crippen molar-refractivity contribution in [2.24, 2.45) is 11.5 Å². The van der Waals surface area contributed by atoms with Gasteiger partial charge in [-0.2, -0.15) is 0 Å². The third kappa shape index (κ3) is 22.4. The van der Waals surface area contributed by atoms with Crippen LogP contribution in [0.5, 0.6) is 0 Å². The summed E-state index contributed by atoms with van der Waals surface area (Å²) in [5.74, 6) is 0.615. The quantitative estimate of drug-likeness (QED) is 0.390. The van der Waals surface area contributed by atoms with Crippen molar-refractivity contribution >= 4 is 11.7 Å². The first-order valence-corrected chi connectivity index (χ1v) is 5.20. The van der Waals surface area contributed by atoms with Gasteiger partial charge in [-0.05, 0) is 12.8 Å². The van der Waals surface area contributed by atoms with Crippen LogP contribution in [0, 0.1) is 10.8 Å². The molecule has 0 heterocycles. The molecule has 0 aromatic heterocycles. The molecule has 14 heavy (non-hydrogen) atoms. The zero-order valence-electron chi connectivity index (χ0n) is 9.40. The highest BCUT2D eigenvalue weighted by Crippen LogP contribution is 1.90. The lowest BCUT2D eigenvalue weighted by Crippen LogP contribution is -2.07. The molecule has 0 amide bonds. The van der Waals surface area contributed by atoms with E-state index in [1.54, 1.807) is 0 Å². The maximum Gasteiger partial charge on any atom is 0.0905 e. The van der Waals surface area contributed by atoms with Crippen LogP contribution in [-0.2, 0) is 0 Å². The van der Waals surface area contributed by atoms with Crippen molar-refractivity contribution in [1.82, 2.24) is 0 Å². The SMILES string of the molecule is CCCCC(=N)N.CCCCC(=N)N. The van der Waals surface area contributed by atoms with E-state index in [9.17, 15) is 0 Å². The lowest BCUT2D eigenvalue weighted by atomic mass is 10.2. The number of nitrogens with two attached hydrogens (primary N) is 2. The third-order valence-electron chi connectivity index (χ3n) is 1.60. The molecule has 0 saturated carbocycles. The van der Waals surface area contributed by atoms with Gasteiger partial charge < -0.3 is 11.5 Å². The molecule has 6 N–H and O–H groups in total. The van der Waals surface area contributed by atoms with Crippen molar-refractivity contribution in [3.63, 3.8) is 0 Å². The first kappa shape index (κ1) is 15.4. The minimum Gasteiger partial charge on any atom is -0.388 e. The number of hydrogen-bond donors (Lipinski definition) is 4. The summed E-state index contributed by atoms with van der Waals surface area (Å²) in [6.07, 6.45) is 5.87. The molecular weight excluding hydrogens is 176 g/mol. The minimum atomic E-state index is 0.307. The molecule has 0 rings (SSSR count). The largest absolute Gasteiger partial charge is 0.388 e. The van der Waals surface area contributed by atoms with Crippen molar-refractivity contribution in [1.29, 1.82) is 10.8 Å². The van der Waals surface area contributed by atoms with Gasteiger partial charge in [0.05, 0.1) is 11.7 Å². The molecule has 0 radical (unpaired) electrons. The number of amidine groups is 2. The maximum atomic E-state index is 6.78. The summed E-state index contributed by atoms with van der Waals surface area (Å²) in [7, 11) is 0. The summed E-state index contributed by atoms with van der Waals surface area (Å²) in [5.41, 5.74) is 10.1. The molecule has 0 fully saturated rings. The molecule has 0 atom stereocenters. The number of unbranched alkanes of at least 4 members (excludes halogenated alkanes) is 2. The van der Waals surface area contributed by atoms with Crippen molar-refractivity contribution in [2.75, 3.05) is 0 Å². The van der Waals surface area contributed by atoms with Crippen LogP contribution in [0.15, 0.2) is 0 Å². The predicted molar refractivity (Wildman–Crippen MR) is 62.9 cm³/mol. The summed E-state index contributed by atoms with van der Waals surface area (Å²) in [6.45, 7) is 4.17. The van der Waals surface area contributed by atoms with Gasteiger partial charge >= 0.3 is 0 Å². The molecule has 0 saturated heterocycles. The van der Waals surface area contributed by atoms with Crippen LogP contribution in [-0.4, -0.2) is 11.7 Å². The van der Waals surface area contributed by atoms with E-state index in [0.717, 1.165) is 38.5 Å². The first-order valence-electron chi connectivity index (χ1n) is 5.20. The molecule has 0 aliphatic carbocycles. The highest BCUT2D eigenvalue weighted by molar-refractivity contribution is 5.76. The van der Waals surface area contributed by atoms with Crippen LogP contribution in [0.1, 0.15) is 52.4 Å². The number of hydrogen-bond acceptors (Lipinski definition) is 2. The normalized spacial score (nSPS) is 8.71. The van der Waals surface area contributed by atoms with Gasteiger partial charge in [0.2, 0.25) is 0 Å². The molecule has 0 spiro atoms. The molecule has 0 aromatic rings. The van der Waals surface area contributed by atoms with Crippen LogP contribution >= 0.6 is 0 Å². The highest BCUT2D eigenvalue weighted by atomic mass is 14.7. The minimum absolute atomic E-state index is 0.307. The molecule has 0 aliphatic rings. The van der Waals surface area contributed by atoms with E-state index in [1.165, 1.54) is 0 Å². The Labute approximate surface area is 87.1 Å². The van der Waals surface area contributed by atoms with Gasteiger partial charge in [0.25, 0.3) is 0 Å². The number of nitrogens with one attached hydrogen (secondary N) is 2. The topological polar surface area (TPSA) is 99.7 Å². The Bertz CT molecular complexity index is 136. The standard InChI is InChI=1S/2C5H12N2/c2*1-2-3-4-5(6)7/h2*2-4H2,1H3,(H3,6,7). The fraction of sp³-hybridized carbons (Fsp3) is 0.800. The molecule has 0 bridgehead atoms. The molecule has 0 unspecified atom stereocenters. The Morgan fingerprint density at radius 2 is 1.14 bits per heavy atom. The summed E-state index contributed by atoms with van der Waals surface area (Å²) < 4.78 is 0. The fourth-order valence-corrected chi connectivity index (χ4v) is 0.734. The Balaban J connectivity index is 0. The van der Waals surface area contributed by atoms with Crippen LogP contribution < -0.4 is 11.5 Å². The van der Waals surface area contributed by atoms with Crippen LogP contribution in [0.3, 0.4) is 0 Å². The molecule has 4 heteroatoms. The average Bonchev–Trinajstić information content (AvgIpc) is 2.12. The summed E-state index contributed by atoms with van der Waals surface area (Å²) in [5, 5.41) is 13.6. The maximum absolute atomic E-state index is 6.78. The van der Waals surface area contributed by atoms with E-state index >= 15 is 0 Å². The van der Waals surface area contributed by atoms with Crippen LogP contribution in [0.25, 0.3) is 0 Å². The Hall–Kier alpha value is -1.06. The van der Waals surface area contributed by atoms with Gasteiger partial charge in [0.1, 0.15) is 0 Å². The highest BCUT2D eigenvalue weighted by Gasteiger charge is 1.84. The lowest BCUT2D eigenvalue weighted by Gasteiger charge is -1.90. The Morgan fingerprint density at radius 1 is 0.857 bits per heavy atom. The van der Waals surface area contributed by atoms with Crippen molar-refractivity contribution in [3.05, 3.63) is 0 Å². The van der Waals surface area contributed by atoms with Crippen molar-refractivity contribution < 1.29 is 0 Å². The smallest absolute Gasteiger partial charge is 0.0905 e. The van der Waals surface area contributed by atoms with E-state index < -0.39 is 0 Å². The molecule has 84 valence electrons. The van der Waals surface area contributed by atoms with Gasteiger partial charge in [-0.25, -0.2) is 0 Å². The van der Waals surface area contributed by atoms with E-state index in [0.29, 0.717) is 11.7 Å². The second kappa shape index (κ2) is 11.9. The van der Waals surface area contributed by atoms with E-state index in [1.807, 2.05) is 0 Å². The summed E-state index contributed by atoms with van der Waals surface area (Å²) >= 11 is 0. The van der Waals surface area contributed by atoms with E-state index in [4.69, 9.17) is 22.3 Å². The zero-order chi connectivity index (χ0) is 11.4. The average molecular weight is 200 g/mol. The molecular formula is C10H24N4. The fourth-order valence-electron chi connectivity index (χ4n) is 0.734.